The van der Waals surface area contributed by atoms with Gasteiger partial charge in [0.2, 0.25) is 0 Å². The van der Waals surface area contributed by atoms with Gasteiger partial charge in [0.15, 0.2) is 0 Å². The molecule has 19 heavy (non-hydrogen) atoms. The van der Waals surface area contributed by atoms with Crippen molar-refractivity contribution in [3.63, 3.8) is 0 Å². The Morgan fingerprint density at radius 3 is 2.63 bits per heavy atom. The van der Waals surface area contributed by atoms with Gasteiger partial charge < -0.3 is 10.1 Å². The Bertz CT molecular complexity index is 361. The molecule has 0 aliphatic heterocycles. The second kappa shape index (κ2) is 8.72. The summed E-state index contributed by atoms with van der Waals surface area (Å²) in [5.41, 5.74) is 2.66. The van der Waals surface area contributed by atoms with E-state index in [-0.39, 0.29) is 0 Å². The summed E-state index contributed by atoms with van der Waals surface area (Å²) in [7, 11) is 1.77. The molecule has 0 bridgehead atoms. The largest absolute Gasteiger partial charge is 0.385 e. The molecule has 1 aromatic rings. The summed E-state index contributed by atoms with van der Waals surface area (Å²) in [6.45, 7) is 8.51. The molecule has 0 amide bonds. The van der Waals surface area contributed by atoms with Crippen LogP contribution in [0.5, 0.6) is 0 Å². The summed E-state index contributed by atoms with van der Waals surface area (Å²) in [4.78, 5) is 0. The van der Waals surface area contributed by atoms with Crippen LogP contribution in [0, 0.1) is 12.8 Å². The first-order valence-electron chi connectivity index (χ1n) is 7.07. The van der Waals surface area contributed by atoms with E-state index in [1.54, 1.807) is 7.11 Å². The molecule has 0 aliphatic carbocycles. The molecule has 3 heteroatoms. The van der Waals surface area contributed by atoms with Gasteiger partial charge in [-0.25, -0.2) is 0 Å². The molecular weight excluding hydrogens is 302 g/mol. The van der Waals surface area contributed by atoms with Gasteiger partial charge in [-0.05, 0) is 55.5 Å². The summed E-state index contributed by atoms with van der Waals surface area (Å²) in [6.07, 6.45) is 2.23. The Balaban J connectivity index is 2.87. The van der Waals surface area contributed by atoms with E-state index < -0.39 is 0 Å². The topological polar surface area (TPSA) is 21.3 Å². The van der Waals surface area contributed by atoms with E-state index in [1.807, 2.05) is 0 Å². The molecule has 1 aromatic carbocycles. The molecule has 108 valence electrons. The Morgan fingerprint density at radius 1 is 1.32 bits per heavy atom. The number of nitrogens with one attached hydrogen (secondary N) is 1. The van der Waals surface area contributed by atoms with Gasteiger partial charge in [-0.3, -0.25) is 0 Å². The Labute approximate surface area is 126 Å². The molecule has 0 spiro atoms. The number of methoxy groups -OCH3 is 1. The van der Waals surface area contributed by atoms with Gasteiger partial charge in [0.25, 0.3) is 0 Å². The first-order chi connectivity index (χ1) is 9.08. The molecule has 0 saturated carbocycles. The SMILES string of the molecule is CCCNC(c1cc(C)cc(Br)c1)C(C)CCOC. The molecule has 0 fully saturated rings. The van der Waals surface area contributed by atoms with Gasteiger partial charge in [0.1, 0.15) is 0 Å². The highest BCUT2D eigenvalue weighted by atomic mass is 79.9. The highest BCUT2D eigenvalue weighted by molar-refractivity contribution is 9.10. The quantitative estimate of drug-likeness (QED) is 0.760. The van der Waals surface area contributed by atoms with Gasteiger partial charge in [-0.15, -0.1) is 0 Å². The van der Waals surface area contributed by atoms with Crippen LogP contribution in [0.3, 0.4) is 0 Å². The van der Waals surface area contributed by atoms with Crippen molar-refractivity contribution in [2.45, 2.75) is 39.7 Å². The third-order valence-corrected chi connectivity index (χ3v) is 3.84. The summed E-state index contributed by atoms with van der Waals surface area (Å²) >= 11 is 3.60. The number of aryl methyl sites for hydroxylation is 1. The van der Waals surface area contributed by atoms with Gasteiger partial charge in [0.05, 0.1) is 0 Å². The van der Waals surface area contributed by atoms with Crippen LogP contribution in [0.25, 0.3) is 0 Å². The average Bonchev–Trinajstić information content (AvgIpc) is 2.35. The first kappa shape index (κ1) is 16.7. The number of ether oxygens (including phenoxy) is 1. The third-order valence-electron chi connectivity index (χ3n) is 3.38. The normalized spacial score (nSPS) is 14.4. The fourth-order valence-corrected chi connectivity index (χ4v) is 2.99. The first-order valence-corrected chi connectivity index (χ1v) is 7.87. The molecule has 0 radical (unpaired) electrons. The van der Waals surface area contributed by atoms with Gasteiger partial charge in [-0.2, -0.15) is 0 Å². The van der Waals surface area contributed by atoms with Crippen LogP contribution < -0.4 is 5.32 Å². The molecular formula is C16H26BrNO. The molecule has 0 aliphatic rings. The number of benzene rings is 1. The van der Waals surface area contributed by atoms with Crippen molar-refractivity contribution in [3.8, 4) is 0 Å². The molecule has 1 N–H and O–H groups in total. The zero-order valence-corrected chi connectivity index (χ0v) is 14.1. The third kappa shape index (κ3) is 5.64. The van der Waals surface area contributed by atoms with Gasteiger partial charge in [-0.1, -0.05) is 35.8 Å². The molecule has 2 nitrogen and oxygen atoms in total. The molecule has 2 unspecified atom stereocenters. The van der Waals surface area contributed by atoms with E-state index in [0.717, 1.165) is 30.5 Å². The predicted octanol–water partition coefficient (Wildman–Crippen LogP) is 4.47. The summed E-state index contributed by atoms with van der Waals surface area (Å²) < 4.78 is 6.37. The van der Waals surface area contributed by atoms with Crippen molar-refractivity contribution in [1.82, 2.24) is 5.32 Å². The van der Waals surface area contributed by atoms with Crippen LogP contribution >= 0.6 is 15.9 Å². The number of hydrogen-bond acceptors (Lipinski definition) is 2. The van der Waals surface area contributed by atoms with Crippen molar-refractivity contribution in [1.29, 1.82) is 0 Å². The summed E-state index contributed by atoms with van der Waals surface area (Å²) in [5.74, 6) is 0.556. The van der Waals surface area contributed by atoms with Crippen molar-refractivity contribution in [2.24, 2.45) is 5.92 Å². The van der Waals surface area contributed by atoms with Crippen molar-refractivity contribution in [3.05, 3.63) is 33.8 Å². The summed E-state index contributed by atoms with van der Waals surface area (Å²) in [5, 5.41) is 3.67. The lowest BCUT2D eigenvalue weighted by Crippen LogP contribution is -2.28. The van der Waals surface area contributed by atoms with E-state index >= 15 is 0 Å². The minimum absolute atomic E-state index is 0.395. The van der Waals surface area contributed by atoms with Crippen molar-refractivity contribution >= 4 is 15.9 Å². The van der Waals surface area contributed by atoms with E-state index in [1.165, 1.54) is 11.1 Å². The Hall–Kier alpha value is -0.380. The molecule has 1 rings (SSSR count). The van der Waals surface area contributed by atoms with Crippen LogP contribution in [0.1, 0.15) is 43.9 Å². The minimum atomic E-state index is 0.395. The van der Waals surface area contributed by atoms with E-state index in [2.05, 4.69) is 60.2 Å². The van der Waals surface area contributed by atoms with Crippen molar-refractivity contribution < 1.29 is 4.74 Å². The number of rotatable bonds is 8. The van der Waals surface area contributed by atoms with E-state index in [4.69, 9.17) is 4.74 Å². The molecule has 0 aromatic heterocycles. The second-order valence-corrected chi connectivity index (χ2v) is 6.17. The maximum atomic E-state index is 5.21. The van der Waals surface area contributed by atoms with Crippen LogP contribution in [0.15, 0.2) is 22.7 Å². The van der Waals surface area contributed by atoms with Crippen LogP contribution in [0.4, 0.5) is 0 Å². The Kier molecular flexibility index (Phi) is 7.66. The van der Waals surface area contributed by atoms with Crippen LogP contribution in [-0.2, 0) is 4.74 Å². The lowest BCUT2D eigenvalue weighted by atomic mass is 9.91. The van der Waals surface area contributed by atoms with E-state index in [0.29, 0.717) is 12.0 Å². The lowest BCUT2D eigenvalue weighted by Gasteiger charge is -2.26. The van der Waals surface area contributed by atoms with Crippen LogP contribution in [0.2, 0.25) is 0 Å². The lowest BCUT2D eigenvalue weighted by molar-refractivity contribution is 0.170. The van der Waals surface area contributed by atoms with Crippen LogP contribution in [-0.4, -0.2) is 20.3 Å². The highest BCUT2D eigenvalue weighted by Gasteiger charge is 2.19. The zero-order valence-electron chi connectivity index (χ0n) is 12.5. The van der Waals surface area contributed by atoms with Gasteiger partial charge >= 0.3 is 0 Å². The fourth-order valence-electron chi connectivity index (χ4n) is 2.36. The van der Waals surface area contributed by atoms with E-state index in [9.17, 15) is 0 Å². The molecule has 0 saturated heterocycles. The Morgan fingerprint density at radius 2 is 2.05 bits per heavy atom. The maximum absolute atomic E-state index is 5.21. The average molecular weight is 328 g/mol. The monoisotopic (exact) mass is 327 g/mol. The second-order valence-electron chi connectivity index (χ2n) is 5.25. The minimum Gasteiger partial charge on any atom is -0.385 e. The zero-order chi connectivity index (χ0) is 14.3. The van der Waals surface area contributed by atoms with Crippen molar-refractivity contribution in [2.75, 3.05) is 20.3 Å². The predicted molar refractivity (Wildman–Crippen MR) is 85.6 cm³/mol. The number of halogens is 1. The maximum Gasteiger partial charge on any atom is 0.0465 e. The number of hydrogen-bond donors (Lipinski definition) is 1. The smallest absolute Gasteiger partial charge is 0.0465 e. The van der Waals surface area contributed by atoms with Gasteiger partial charge in [0, 0.05) is 24.2 Å². The fraction of sp³-hybridized carbons (Fsp3) is 0.625. The summed E-state index contributed by atoms with van der Waals surface area (Å²) in [6, 6.07) is 7.05. The molecule has 2 atom stereocenters. The molecule has 0 heterocycles. The standard InChI is InChI=1S/C16H26BrNO/c1-5-7-18-16(13(3)6-8-19-4)14-9-12(2)10-15(17)11-14/h9-11,13,16,18H,5-8H2,1-4H3. The highest BCUT2D eigenvalue weighted by Crippen LogP contribution is 2.28.